The van der Waals surface area contributed by atoms with Crippen molar-refractivity contribution < 1.29 is 14.7 Å². The first-order chi connectivity index (χ1) is 12.7. The molecule has 2 N–H and O–H groups in total. The van der Waals surface area contributed by atoms with Crippen LogP contribution in [0.15, 0.2) is 12.2 Å². The molecule has 0 spiro atoms. The number of carbonyl (C=O) groups is 2. The minimum absolute atomic E-state index is 0.0180. The van der Waals surface area contributed by atoms with Crippen molar-refractivity contribution in [2.24, 2.45) is 0 Å². The van der Waals surface area contributed by atoms with Crippen LogP contribution in [0.25, 0.3) is 0 Å². The second kappa shape index (κ2) is 20.2. The van der Waals surface area contributed by atoms with Gasteiger partial charge in [0, 0.05) is 19.4 Å². The molecular formula is C22H41NO3. The summed E-state index contributed by atoms with van der Waals surface area (Å²) in [4.78, 5) is 22.9. The van der Waals surface area contributed by atoms with Crippen LogP contribution in [0.3, 0.4) is 0 Å². The molecule has 26 heavy (non-hydrogen) atoms. The van der Waals surface area contributed by atoms with Crippen LogP contribution in [0.4, 0.5) is 0 Å². The van der Waals surface area contributed by atoms with Crippen LogP contribution in [0.1, 0.15) is 110 Å². The van der Waals surface area contributed by atoms with Gasteiger partial charge in [0.1, 0.15) is 0 Å². The van der Waals surface area contributed by atoms with Gasteiger partial charge in [0.05, 0.1) is 0 Å². The van der Waals surface area contributed by atoms with Crippen molar-refractivity contribution in [1.82, 2.24) is 5.32 Å². The summed E-state index contributed by atoms with van der Waals surface area (Å²) in [6.07, 6.45) is 21.7. The van der Waals surface area contributed by atoms with E-state index in [-0.39, 0.29) is 24.8 Å². The van der Waals surface area contributed by atoms with Gasteiger partial charge in [0.2, 0.25) is 11.8 Å². The van der Waals surface area contributed by atoms with Crippen LogP contribution in [0.5, 0.6) is 0 Å². The molecule has 0 aromatic carbocycles. The van der Waals surface area contributed by atoms with Crippen LogP contribution >= 0.6 is 0 Å². The van der Waals surface area contributed by atoms with Crippen LogP contribution in [-0.4, -0.2) is 23.5 Å². The first-order valence-electron chi connectivity index (χ1n) is 10.8. The fourth-order valence-electron chi connectivity index (χ4n) is 2.88. The van der Waals surface area contributed by atoms with Crippen molar-refractivity contribution in [3.05, 3.63) is 12.2 Å². The molecule has 4 heteroatoms. The van der Waals surface area contributed by atoms with E-state index in [0.29, 0.717) is 12.8 Å². The number of unbranched alkanes of at least 4 members (excludes halogenated alkanes) is 11. The van der Waals surface area contributed by atoms with E-state index in [1.165, 1.54) is 57.8 Å². The minimum Gasteiger partial charge on any atom is -0.396 e. The quantitative estimate of drug-likeness (QED) is 0.250. The van der Waals surface area contributed by atoms with E-state index in [1.807, 2.05) is 0 Å². The standard InChI is InChI=1S/C22H41NO3/c1-2-3-4-5-6-7-8-9-10-11-12-13-14-15-16-18-21(25)23-22(26)19-17-20-24/h9-10,24H,2-8,11-20H2,1H3,(H,23,25,26)/b10-9-. The van der Waals surface area contributed by atoms with Crippen molar-refractivity contribution >= 4 is 11.8 Å². The molecule has 0 aliphatic carbocycles. The van der Waals surface area contributed by atoms with Gasteiger partial charge in [-0.25, -0.2) is 0 Å². The third-order valence-electron chi connectivity index (χ3n) is 4.51. The molecular weight excluding hydrogens is 326 g/mol. The Morgan fingerprint density at radius 2 is 1.15 bits per heavy atom. The van der Waals surface area contributed by atoms with Gasteiger partial charge < -0.3 is 5.11 Å². The highest BCUT2D eigenvalue weighted by Crippen LogP contribution is 2.10. The summed E-state index contributed by atoms with van der Waals surface area (Å²) >= 11 is 0. The zero-order chi connectivity index (χ0) is 19.3. The van der Waals surface area contributed by atoms with Crippen LogP contribution in [0.2, 0.25) is 0 Å². The Morgan fingerprint density at radius 1 is 0.692 bits per heavy atom. The first kappa shape index (κ1) is 24.8. The van der Waals surface area contributed by atoms with E-state index in [4.69, 9.17) is 5.11 Å². The summed E-state index contributed by atoms with van der Waals surface area (Å²) in [5, 5.41) is 11.0. The smallest absolute Gasteiger partial charge is 0.226 e. The summed E-state index contributed by atoms with van der Waals surface area (Å²) in [5.41, 5.74) is 0. The molecule has 0 heterocycles. The molecule has 0 fully saturated rings. The van der Waals surface area contributed by atoms with Crippen molar-refractivity contribution in [2.45, 2.75) is 110 Å². The molecule has 0 radical (unpaired) electrons. The fraction of sp³-hybridized carbons (Fsp3) is 0.818. The third-order valence-corrected chi connectivity index (χ3v) is 4.51. The summed E-state index contributed by atoms with van der Waals surface area (Å²) in [7, 11) is 0. The molecule has 0 aliphatic heterocycles. The molecule has 0 saturated carbocycles. The Bertz CT molecular complexity index is 366. The van der Waals surface area contributed by atoms with E-state index >= 15 is 0 Å². The lowest BCUT2D eigenvalue weighted by molar-refractivity contribution is -0.130. The van der Waals surface area contributed by atoms with E-state index in [1.54, 1.807) is 0 Å². The molecule has 0 aliphatic rings. The normalized spacial score (nSPS) is 11.2. The average Bonchev–Trinajstić information content (AvgIpc) is 2.63. The van der Waals surface area contributed by atoms with Gasteiger partial charge in [-0.2, -0.15) is 0 Å². The molecule has 0 rings (SSSR count). The first-order valence-corrected chi connectivity index (χ1v) is 10.8. The predicted octanol–water partition coefficient (Wildman–Crippen LogP) is 5.44. The average molecular weight is 368 g/mol. The zero-order valence-electron chi connectivity index (χ0n) is 16.9. The molecule has 0 aromatic rings. The lowest BCUT2D eigenvalue weighted by Crippen LogP contribution is -2.30. The number of hydrogen-bond donors (Lipinski definition) is 2. The maximum absolute atomic E-state index is 11.5. The molecule has 0 saturated heterocycles. The number of nitrogens with one attached hydrogen (secondary N) is 1. The van der Waals surface area contributed by atoms with Crippen LogP contribution in [0, 0.1) is 0 Å². The monoisotopic (exact) mass is 367 g/mol. The maximum Gasteiger partial charge on any atom is 0.226 e. The molecule has 4 nitrogen and oxygen atoms in total. The number of imide groups is 1. The van der Waals surface area contributed by atoms with E-state index < -0.39 is 0 Å². The molecule has 0 unspecified atom stereocenters. The zero-order valence-corrected chi connectivity index (χ0v) is 16.9. The van der Waals surface area contributed by atoms with Crippen molar-refractivity contribution in [2.75, 3.05) is 6.61 Å². The molecule has 152 valence electrons. The number of aliphatic hydroxyl groups is 1. The largest absolute Gasteiger partial charge is 0.396 e. The van der Waals surface area contributed by atoms with Gasteiger partial charge in [-0.1, -0.05) is 70.4 Å². The van der Waals surface area contributed by atoms with Gasteiger partial charge in [-0.3, -0.25) is 14.9 Å². The second-order valence-electron chi connectivity index (χ2n) is 7.13. The highest BCUT2D eigenvalue weighted by atomic mass is 16.3. The van der Waals surface area contributed by atoms with Crippen molar-refractivity contribution in [3.63, 3.8) is 0 Å². The Kier molecular flexibility index (Phi) is 19.3. The number of amides is 2. The maximum atomic E-state index is 11.5. The minimum atomic E-state index is -0.281. The predicted molar refractivity (Wildman–Crippen MR) is 109 cm³/mol. The summed E-state index contributed by atoms with van der Waals surface area (Å²) in [5.74, 6) is -0.470. The Balaban J connectivity index is 3.29. The van der Waals surface area contributed by atoms with Crippen LogP contribution < -0.4 is 5.32 Å². The van der Waals surface area contributed by atoms with E-state index in [2.05, 4.69) is 24.4 Å². The van der Waals surface area contributed by atoms with Gasteiger partial charge in [0.25, 0.3) is 0 Å². The van der Waals surface area contributed by atoms with E-state index in [0.717, 1.165) is 25.7 Å². The van der Waals surface area contributed by atoms with Crippen LogP contribution in [-0.2, 0) is 9.59 Å². The Hall–Kier alpha value is -1.16. The highest BCUT2D eigenvalue weighted by Gasteiger charge is 2.06. The Morgan fingerprint density at radius 3 is 1.69 bits per heavy atom. The van der Waals surface area contributed by atoms with Gasteiger partial charge in [-0.05, 0) is 38.5 Å². The Labute approximate surface area is 160 Å². The van der Waals surface area contributed by atoms with Crippen molar-refractivity contribution in [3.8, 4) is 0 Å². The number of aliphatic hydroxyl groups excluding tert-OH is 1. The van der Waals surface area contributed by atoms with Crippen molar-refractivity contribution in [1.29, 1.82) is 0 Å². The SMILES string of the molecule is CCCCCCCC/C=C\CCCCCCCC(=O)NC(=O)CCCO. The number of rotatable bonds is 18. The summed E-state index contributed by atoms with van der Waals surface area (Å²) in [6.45, 7) is 2.24. The summed E-state index contributed by atoms with van der Waals surface area (Å²) in [6, 6.07) is 0. The fourth-order valence-corrected chi connectivity index (χ4v) is 2.88. The molecule has 0 aromatic heterocycles. The topological polar surface area (TPSA) is 66.4 Å². The lowest BCUT2D eigenvalue weighted by Gasteiger charge is -2.03. The van der Waals surface area contributed by atoms with Gasteiger partial charge in [0.15, 0.2) is 0 Å². The second-order valence-corrected chi connectivity index (χ2v) is 7.13. The summed E-state index contributed by atoms with van der Waals surface area (Å²) < 4.78 is 0. The number of hydrogen-bond acceptors (Lipinski definition) is 3. The number of allylic oxidation sites excluding steroid dienone is 2. The molecule has 0 atom stereocenters. The lowest BCUT2D eigenvalue weighted by atomic mass is 10.1. The molecule has 0 bridgehead atoms. The van der Waals surface area contributed by atoms with Gasteiger partial charge >= 0.3 is 0 Å². The van der Waals surface area contributed by atoms with Gasteiger partial charge in [-0.15, -0.1) is 0 Å². The van der Waals surface area contributed by atoms with E-state index in [9.17, 15) is 9.59 Å². The number of carbonyl (C=O) groups excluding carboxylic acids is 2. The molecule has 2 amide bonds. The third kappa shape index (κ3) is 19.2. The highest BCUT2D eigenvalue weighted by molar-refractivity contribution is 5.95.